The first kappa shape index (κ1) is 14.5. The highest BCUT2D eigenvalue weighted by molar-refractivity contribution is 6.32. The third-order valence-electron chi connectivity index (χ3n) is 2.94. The fraction of sp³-hybridized carbons (Fsp3) is 0.200. The number of halogens is 1. The third-order valence-corrected chi connectivity index (χ3v) is 3.24. The standard InChI is InChI=1S/C15H16ClN3O/c1-10-6-13(15(16)18-9-10)19-14(20)7-11-4-2-3-5-12(11)8-17/h2-6,9H,7-8,17H2,1H3,(H,19,20). The van der Waals surface area contributed by atoms with E-state index in [2.05, 4.69) is 10.3 Å². The molecule has 0 aliphatic rings. The van der Waals surface area contributed by atoms with Crippen LogP contribution in [0, 0.1) is 6.92 Å². The Kier molecular flexibility index (Phi) is 4.71. The molecule has 4 nitrogen and oxygen atoms in total. The van der Waals surface area contributed by atoms with Crippen molar-refractivity contribution < 1.29 is 4.79 Å². The quantitative estimate of drug-likeness (QED) is 0.850. The number of aryl methyl sites for hydroxylation is 1. The minimum atomic E-state index is -0.139. The lowest BCUT2D eigenvalue weighted by Crippen LogP contribution is -2.16. The largest absolute Gasteiger partial charge is 0.326 e. The van der Waals surface area contributed by atoms with Gasteiger partial charge in [0.1, 0.15) is 0 Å². The maximum absolute atomic E-state index is 12.1. The molecule has 20 heavy (non-hydrogen) atoms. The number of rotatable bonds is 4. The number of nitrogens with zero attached hydrogens (tertiary/aromatic N) is 1. The van der Waals surface area contributed by atoms with Gasteiger partial charge in [-0.2, -0.15) is 0 Å². The number of nitrogens with two attached hydrogens (primary N) is 1. The maximum Gasteiger partial charge on any atom is 0.228 e. The first-order chi connectivity index (χ1) is 9.60. The fourth-order valence-electron chi connectivity index (χ4n) is 1.94. The molecule has 0 unspecified atom stereocenters. The highest BCUT2D eigenvalue weighted by Gasteiger charge is 2.10. The zero-order valence-electron chi connectivity index (χ0n) is 11.2. The Hall–Kier alpha value is -1.91. The molecule has 0 saturated carbocycles. The molecule has 1 amide bonds. The van der Waals surface area contributed by atoms with Crippen LogP contribution >= 0.6 is 11.6 Å². The van der Waals surface area contributed by atoms with Gasteiger partial charge in [0.15, 0.2) is 5.15 Å². The zero-order valence-corrected chi connectivity index (χ0v) is 11.9. The van der Waals surface area contributed by atoms with E-state index < -0.39 is 0 Å². The average Bonchev–Trinajstić information content (AvgIpc) is 2.43. The Bertz CT molecular complexity index is 628. The molecule has 1 aromatic heterocycles. The van der Waals surface area contributed by atoms with Gasteiger partial charge in [-0.1, -0.05) is 35.9 Å². The second-order valence-electron chi connectivity index (χ2n) is 4.55. The number of carbonyl (C=O) groups excluding carboxylic acids is 1. The summed E-state index contributed by atoms with van der Waals surface area (Å²) in [6.07, 6.45) is 1.92. The highest BCUT2D eigenvalue weighted by Crippen LogP contribution is 2.20. The van der Waals surface area contributed by atoms with Crippen LogP contribution in [0.1, 0.15) is 16.7 Å². The smallest absolute Gasteiger partial charge is 0.228 e. The number of aromatic nitrogens is 1. The molecule has 1 heterocycles. The summed E-state index contributed by atoms with van der Waals surface area (Å²) in [5, 5.41) is 3.06. The van der Waals surface area contributed by atoms with Crippen molar-refractivity contribution in [3.05, 3.63) is 58.4 Å². The predicted octanol–water partition coefficient (Wildman–Crippen LogP) is 2.68. The van der Waals surface area contributed by atoms with Gasteiger partial charge in [0.2, 0.25) is 5.91 Å². The monoisotopic (exact) mass is 289 g/mol. The Morgan fingerprint density at radius 2 is 2.05 bits per heavy atom. The first-order valence-corrected chi connectivity index (χ1v) is 6.67. The van der Waals surface area contributed by atoms with Crippen molar-refractivity contribution in [3.63, 3.8) is 0 Å². The van der Waals surface area contributed by atoms with Crippen molar-refractivity contribution >= 4 is 23.2 Å². The van der Waals surface area contributed by atoms with E-state index in [1.54, 1.807) is 12.3 Å². The molecular formula is C15H16ClN3O. The van der Waals surface area contributed by atoms with Gasteiger partial charge in [-0.15, -0.1) is 0 Å². The van der Waals surface area contributed by atoms with Gasteiger partial charge in [0.05, 0.1) is 12.1 Å². The van der Waals surface area contributed by atoms with Crippen molar-refractivity contribution in [1.82, 2.24) is 4.98 Å². The number of pyridine rings is 1. The summed E-state index contributed by atoms with van der Waals surface area (Å²) in [6, 6.07) is 9.41. The molecule has 0 bridgehead atoms. The van der Waals surface area contributed by atoms with Crippen LogP contribution < -0.4 is 11.1 Å². The summed E-state index contributed by atoms with van der Waals surface area (Å²) in [5.74, 6) is -0.139. The lowest BCUT2D eigenvalue weighted by molar-refractivity contribution is -0.115. The van der Waals surface area contributed by atoms with Gasteiger partial charge in [-0.25, -0.2) is 4.98 Å². The molecule has 5 heteroatoms. The number of hydrogen-bond acceptors (Lipinski definition) is 3. The van der Waals surface area contributed by atoms with E-state index >= 15 is 0 Å². The van der Waals surface area contributed by atoms with Crippen LogP contribution in [-0.4, -0.2) is 10.9 Å². The summed E-state index contributed by atoms with van der Waals surface area (Å²) in [7, 11) is 0. The van der Waals surface area contributed by atoms with Gasteiger partial charge in [-0.3, -0.25) is 4.79 Å². The summed E-state index contributed by atoms with van der Waals surface area (Å²) in [5.41, 5.74) is 9.02. The average molecular weight is 290 g/mol. The Morgan fingerprint density at radius 3 is 2.75 bits per heavy atom. The number of amides is 1. The topological polar surface area (TPSA) is 68.0 Å². The molecule has 1 aromatic carbocycles. The lowest BCUT2D eigenvalue weighted by Gasteiger charge is -2.09. The number of carbonyl (C=O) groups is 1. The molecule has 0 atom stereocenters. The SMILES string of the molecule is Cc1cnc(Cl)c(NC(=O)Cc2ccccc2CN)c1. The second kappa shape index (κ2) is 6.50. The van der Waals surface area contributed by atoms with E-state index in [1.807, 2.05) is 31.2 Å². The van der Waals surface area contributed by atoms with Crippen molar-refractivity contribution in [3.8, 4) is 0 Å². The lowest BCUT2D eigenvalue weighted by atomic mass is 10.0. The van der Waals surface area contributed by atoms with E-state index in [4.69, 9.17) is 17.3 Å². The fourth-order valence-corrected chi connectivity index (χ4v) is 2.09. The number of benzene rings is 1. The van der Waals surface area contributed by atoms with E-state index in [1.165, 1.54) is 0 Å². The minimum Gasteiger partial charge on any atom is -0.326 e. The Labute approximate surface area is 123 Å². The summed E-state index contributed by atoms with van der Waals surface area (Å²) in [6.45, 7) is 2.30. The molecule has 0 saturated heterocycles. The van der Waals surface area contributed by atoms with Gasteiger partial charge >= 0.3 is 0 Å². The summed E-state index contributed by atoms with van der Waals surface area (Å²) in [4.78, 5) is 16.1. The van der Waals surface area contributed by atoms with Crippen LogP contribution in [0.5, 0.6) is 0 Å². The molecule has 0 spiro atoms. The molecule has 3 N–H and O–H groups in total. The molecule has 2 aromatic rings. The van der Waals surface area contributed by atoms with E-state index in [0.29, 0.717) is 12.2 Å². The van der Waals surface area contributed by atoms with E-state index in [9.17, 15) is 4.79 Å². The van der Waals surface area contributed by atoms with Crippen LogP contribution in [0.15, 0.2) is 36.5 Å². The number of anilines is 1. The normalized spacial score (nSPS) is 10.3. The summed E-state index contributed by atoms with van der Waals surface area (Å²) >= 11 is 5.96. The molecular weight excluding hydrogens is 274 g/mol. The maximum atomic E-state index is 12.1. The van der Waals surface area contributed by atoms with Crippen LogP contribution in [0.3, 0.4) is 0 Å². The molecule has 0 aliphatic carbocycles. The molecule has 0 aliphatic heterocycles. The minimum absolute atomic E-state index is 0.139. The van der Waals surface area contributed by atoms with Gasteiger partial charge in [0.25, 0.3) is 0 Å². The first-order valence-electron chi connectivity index (χ1n) is 6.29. The molecule has 0 fully saturated rings. The summed E-state index contributed by atoms with van der Waals surface area (Å²) < 4.78 is 0. The van der Waals surface area contributed by atoms with Crippen molar-refractivity contribution in [2.24, 2.45) is 5.73 Å². The van der Waals surface area contributed by atoms with E-state index in [-0.39, 0.29) is 17.5 Å². The molecule has 0 radical (unpaired) electrons. The number of nitrogens with one attached hydrogen (secondary N) is 1. The molecule has 104 valence electrons. The van der Waals surface area contributed by atoms with Crippen LogP contribution in [0.4, 0.5) is 5.69 Å². The van der Waals surface area contributed by atoms with E-state index in [0.717, 1.165) is 16.7 Å². The van der Waals surface area contributed by atoms with Crippen molar-refractivity contribution in [2.45, 2.75) is 19.9 Å². The van der Waals surface area contributed by atoms with Crippen LogP contribution in [0.2, 0.25) is 5.15 Å². The second-order valence-corrected chi connectivity index (χ2v) is 4.91. The van der Waals surface area contributed by atoms with Gasteiger partial charge in [0, 0.05) is 12.7 Å². The van der Waals surface area contributed by atoms with Gasteiger partial charge < -0.3 is 11.1 Å². The Morgan fingerprint density at radius 1 is 1.35 bits per heavy atom. The third kappa shape index (κ3) is 3.56. The van der Waals surface area contributed by atoms with Crippen LogP contribution in [-0.2, 0) is 17.8 Å². The Balaban J connectivity index is 2.11. The number of hydrogen-bond donors (Lipinski definition) is 2. The predicted molar refractivity (Wildman–Crippen MR) is 80.7 cm³/mol. The highest BCUT2D eigenvalue weighted by atomic mass is 35.5. The van der Waals surface area contributed by atoms with Crippen LogP contribution in [0.25, 0.3) is 0 Å². The van der Waals surface area contributed by atoms with Gasteiger partial charge in [-0.05, 0) is 29.7 Å². The molecule has 2 rings (SSSR count). The van der Waals surface area contributed by atoms with Crippen molar-refractivity contribution in [1.29, 1.82) is 0 Å². The van der Waals surface area contributed by atoms with Crippen molar-refractivity contribution in [2.75, 3.05) is 5.32 Å². The zero-order chi connectivity index (χ0) is 14.5.